The van der Waals surface area contributed by atoms with E-state index in [9.17, 15) is 4.55 Å². The maximum Gasteiger partial charge on any atom is 0.187 e. The molecular weight excluding hydrogens is 414 g/mol. The van der Waals surface area contributed by atoms with Gasteiger partial charge in [0.2, 0.25) is 0 Å². The highest BCUT2D eigenvalue weighted by atomic mass is 32.2. The van der Waals surface area contributed by atoms with Crippen molar-refractivity contribution in [1.82, 2.24) is 9.55 Å². The average molecular weight is 442 g/mol. The summed E-state index contributed by atoms with van der Waals surface area (Å²) in [4.78, 5) is 4.87. The standard InChI is InChI=1S/C23H27N3O4S/c1-28-20-6-2-18(3-7-20)10-11-23(16-26-13-12-25-17-26)29-14-21(30-23)15-31(27)22-8-4-19(24)5-9-22/h2-9,12-13,17,21H,10-11,14-16,24H2,1H3. The maximum atomic E-state index is 12.8. The Kier molecular flexibility index (Phi) is 6.82. The Balaban J connectivity index is 1.42. The van der Waals surface area contributed by atoms with Gasteiger partial charge in [0.15, 0.2) is 10.7 Å². The van der Waals surface area contributed by atoms with Gasteiger partial charge in [-0.25, -0.2) is 4.98 Å². The Bertz CT molecular complexity index is 950. The van der Waals surface area contributed by atoms with Gasteiger partial charge in [0.05, 0.1) is 26.6 Å². The number of ether oxygens (including phenoxy) is 3. The Morgan fingerprint density at radius 1 is 1.23 bits per heavy atom. The second-order valence-electron chi connectivity index (χ2n) is 7.63. The van der Waals surface area contributed by atoms with Crippen molar-refractivity contribution in [3.63, 3.8) is 0 Å². The van der Waals surface area contributed by atoms with Gasteiger partial charge < -0.3 is 29.1 Å². The van der Waals surface area contributed by atoms with E-state index in [4.69, 9.17) is 19.9 Å². The van der Waals surface area contributed by atoms with E-state index in [0.717, 1.165) is 17.1 Å². The smallest absolute Gasteiger partial charge is 0.187 e. The minimum Gasteiger partial charge on any atom is -0.611 e. The van der Waals surface area contributed by atoms with Gasteiger partial charge in [-0.15, -0.1) is 0 Å². The molecular formula is C23H27N3O4S. The van der Waals surface area contributed by atoms with Crippen LogP contribution in [0.25, 0.3) is 0 Å². The molecule has 2 aromatic carbocycles. The summed E-state index contributed by atoms with van der Waals surface area (Å²) in [7, 11) is 1.66. The van der Waals surface area contributed by atoms with Crippen LogP contribution >= 0.6 is 0 Å². The molecule has 2 heterocycles. The van der Waals surface area contributed by atoms with Gasteiger partial charge in [-0.2, -0.15) is 0 Å². The van der Waals surface area contributed by atoms with Gasteiger partial charge >= 0.3 is 0 Å². The summed E-state index contributed by atoms with van der Waals surface area (Å²) < 4.78 is 32.6. The van der Waals surface area contributed by atoms with Crippen LogP contribution in [0.5, 0.6) is 5.75 Å². The quantitative estimate of drug-likeness (QED) is 0.405. The van der Waals surface area contributed by atoms with Crippen LogP contribution in [-0.2, 0) is 33.6 Å². The van der Waals surface area contributed by atoms with Crippen molar-refractivity contribution in [2.24, 2.45) is 0 Å². The average Bonchev–Trinajstić information content (AvgIpc) is 3.44. The first-order chi connectivity index (χ1) is 15.0. The molecule has 31 heavy (non-hydrogen) atoms. The molecule has 3 unspecified atom stereocenters. The molecule has 4 rings (SSSR count). The zero-order chi connectivity index (χ0) is 21.7. The molecule has 1 aliphatic rings. The molecule has 164 valence electrons. The number of hydrogen-bond donors (Lipinski definition) is 1. The molecule has 7 nitrogen and oxygen atoms in total. The van der Waals surface area contributed by atoms with Crippen LogP contribution in [-0.4, -0.2) is 45.5 Å². The van der Waals surface area contributed by atoms with E-state index < -0.39 is 17.0 Å². The molecule has 0 radical (unpaired) electrons. The third-order valence-corrected chi connectivity index (χ3v) is 6.80. The number of anilines is 1. The number of nitrogen functional groups attached to an aromatic ring is 1. The lowest BCUT2D eigenvalue weighted by Gasteiger charge is -2.28. The second kappa shape index (κ2) is 9.74. The highest BCUT2D eigenvalue weighted by Crippen LogP contribution is 2.32. The van der Waals surface area contributed by atoms with E-state index in [-0.39, 0.29) is 6.10 Å². The summed E-state index contributed by atoms with van der Waals surface area (Å²) in [5.74, 6) is 0.407. The largest absolute Gasteiger partial charge is 0.611 e. The van der Waals surface area contributed by atoms with Crippen LogP contribution in [0.15, 0.2) is 72.1 Å². The van der Waals surface area contributed by atoms with Crippen molar-refractivity contribution in [3.05, 3.63) is 72.8 Å². The molecule has 1 fully saturated rings. The first kappa shape index (κ1) is 21.7. The first-order valence-electron chi connectivity index (χ1n) is 10.2. The second-order valence-corrected chi connectivity index (χ2v) is 9.12. The minimum atomic E-state index is -1.19. The number of nitrogens with zero attached hydrogens (tertiary/aromatic N) is 2. The molecule has 0 saturated carbocycles. The molecule has 3 aromatic rings. The third kappa shape index (κ3) is 5.59. The van der Waals surface area contributed by atoms with Crippen LogP contribution in [0.3, 0.4) is 0 Å². The summed E-state index contributed by atoms with van der Waals surface area (Å²) >= 11 is -1.19. The lowest BCUT2D eigenvalue weighted by molar-refractivity contribution is -0.180. The van der Waals surface area contributed by atoms with Crippen molar-refractivity contribution in [2.45, 2.75) is 36.2 Å². The molecule has 8 heteroatoms. The number of benzene rings is 2. The molecule has 2 N–H and O–H groups in total. The number of methoxy groups -OCH3 is 1. The van der Waals surface area contributed by atoms with E-state index in [1.807, 2.05) is 35.0 Å². The fourth-order valence-corrected chi connectivity index (χ4v) is 4.80. The first-order valence-corrected chi connectivity index (χ1v) is 11.5. The fourth-order valence-electron chi connectivity index (χ4n) is 3.66. The van der Waals surface area contributed by atoms with Crippen molar-refractivity contribution in [3.8, 4) is 5.75 Å². The van der Waals surface area contributed by atoms with E-state index >= 15 is 0 Å². The molecule has 0 bridgehead atoms. The van der Waals surface area contributed by atoms with E-state index in [1.165, 1.54) is 5.56 Å². The van der Waals surface area contributed by atoms with Crippen LogP contribution in [0.1, 0.15) is 12.0 Å². The van der Waals surface area contributed by atoms with Gasteiger partial charge in [-0.05, 0) is 59.6 Å². The number of imidazole rings is 1. The number of nitrogens with two attached hydrogens (primary N) is 1. The summed E-state index contributed by atoms with van der Waals surface area (Å²) in [5.41, 5.74) is 7.55. The van der Waals surface area contributed by atoms with Crippen LogP contribution in [0.4, 0.5) is 5.69 Å². The lowest BCUT2D eigenvalue weighted by Crippen LogP contribution is -2.37. The highest BCUT2D eigenvalue weighted by molar-refractivity contribution is 7.91. The number of aromatic nitrogens is 2. The van der Waals surface area contributed by atoms with Crippen LogP contribution in [0.2, 0.25) is 0 Å². The number of rotatable bonds is 9. The molecule has 0 spiro atoms. The van der Waals surface area contributed by atoms with E-state index in [0.29, 0.717) is 31.0 Å². The van der Waals surface area contributed by atoms with E-state index in [1.54, 1.807) is 43.9 Å². The topological polar surface area (TPSA) is 94.6 Å². The Morgan fingerprint density at radius 2 is 2.00 bits per heavy atom. The predicted octanol–water partition coefficient (Wildman–Crippen LogP) is 3.03. The Labute approximate surface area is 185 Å². The molecule has 0 aliphatic carbocycles. The monoisotopic (exact) mass is 441 g/mol. The lowest BCUT2D eigenvalue weighted by atomic mass is 10.0. The molecule has 3 atom stereocenters. The van der Waals surface area contributed by atoms with Crippen LogP contribution < -0.4 is 10.5 Å². The molecule has 1 aromatic heterocycles. The number of hydrogen-bond acceptors (Lipinski definition) is 6. The normalized spacial score (nSPS) is 21.8. The minimum absolute atomic E-state index is 0.252. The maximum absolute atomic E-state index is 12.8. The molecule has 1 aliphatic heterocycles. The van der Waals surface area contributed by atoms with Gasteiger partial charge in [-0.3, -0.25) is 0 Å². The third-order valence-electron chi connectivity index (χ3n) is 5.33. The summed E-state index contributed by atoms with van der Waals surface area (Å²) in [6.07, 6.45) is 6.58. The van der Waals surface area contributed by atoms with Gasteiger partial charge in [-0.1, -0.05) is 12.1 Å². The van der Waals surface area contributed by atoms with Crippen molar-refractivity contribution in [1.29, 1.82) is 0 Å². The van der Waals surface area contributed by atoms with Crippen molar-refractivity contribution in [2.75, 3.05) is 25.2 Å². The van der Waals surface area contributed by atoms with Crippen molar-refractivity contribution >= 4 is 16.9 Å². The molecule has 1 saturated heterocycles. The van der Waals surface area contributed by atoms with Gasteiger partial charge in [0, 0.05) is 24.5 Å². The summed E-state index contributed by atoms with van der Waals surface area (Å²) in [5, 5.41) is 0. The van der Waals surface area contributed by atoms with Gasteiger partial charge in [0.25, 0.3) is 0 Å². The Morgan fingerprint density at radius 3 is 2.68 bits per heavy atom. The van der Waals surface area contributed by atoms with Crippen molar-refractivity contribution < 1.29 is 18.8 Å². The summed E-state index contributed by atoms with van der Waals surface area (Å²) in [6.45, 7) is 0.923. The zero-order valence-corrected chi connectivity index (χ0v) is 18.3. The number of aryl methyl sites for hydroxylation is 1. The fraction of sp³-hybridized carbons (Fsp3) is 0.348. The Hall–Kier alpha value is -2.52. The van der Waals surface area contributed by atoms with E-state index in [2.05, 4.69) is 4.98 Å². The highest BCUT2D eigenvalue weighted by Gasteiger charge is 2.43. The SMILES string of the molecule is COc1ccc(CCC2(Cn3ccnc3)OCC(C[S+]([O-])c3ccc(N)cc3)O2)cc1. The van der Waals surface area contributed by atoms with Gasteiger partial charge in [0.1, 0.15) is 17.6 Å². The summed E-state index contributed by atoms with van der Waals surface area (Å²) in [6, 6.07) is 15.1. The predicted molar refractivity (Wildman–Crippen MR) is 119 cm³/mol. The van der Waals surface area contributed by atoms with Crippen LogP contribution in [0, 0.1) is 0 Å². The molecule has 0 amide bonds. The zero-order valence-electron chi connectivity index (χ0n) is 17.5.